The zero-order chi connectivity index (χ0) is 19.3. The summed E-state index contributed by atoms with van der Waals surface area (Å²) in [5, 5.41) is 14.1. The molecule has 0 fully saturated rings. The van der Waals surface area contributed by atoms with Gasteiger partial charge in [0.25, 0.3) is 0 Å². The number of anilines is 1. The third kappa shape index (κ3) is 4.10. The molecule has 0 aliphatic carbocycles. The van der Waals surface area contributed by atoms with Gasteiger partial charge in [0.05, 0.1) is 16.8 Å². The minimum absolute atomic E-state index is 0.0367. The van der Waals surface area contributed by atoms with Crippen LogP contribution in [0, 0.1) is 5.92 Å². The summed E-state index contributed by atoms with van der Waals surface area (Å²) in [6.45, 7) is 8.55. The molecule has 0 amide bonds. The molecule has 26 heavy (non-hydrogen) atoms. The van der Waals surface area contributed by atoms with E-state index in [-0.39, 0.29) is 17.6 Å². The first-order chi connectivity index (χ1) is 12.4. The maximum absolute atomic E-state index is 12.8. The van der Waals surface area contributed by atoms with Gasteiger partial charge in [0, 0.05) is 18.2 Å². The highest BCUT2D eigenvalue weighted by molar-refractivity contribution is 7.91. The molecule has 0 bridgehead atoms. The minimum Gasteiger partial charge on any atom is -0.392 e. The Morgan fingerprint density at radius 2 is 1.77 bits per heavy atom. The van der Waals surface area contributed by atoms with Crippen LogP contribution < -0.4 is 5.32 Å². The highest BCUT2D eigenvalue weighted by Crippen LogP contribution is 2.40. The third-order valence-electron chi connectivity index (χ3n) is 4.63. The molecule has 2 aromatic carbocycles. The summed E-state index contributed by atoms with van der Waals surface area (Å²) >= 11 is 0. The van der Waals surface area contributed by atoms with E-state index in [0.29, 0.717) is 10.5 Å². The lowest BCUT2D eigenvalue weighted by atomic mass is 9.82. The molecule has 0 aromatic heterocycles. The predicted molar refractivity (Wildman–Crippen MR) is 107 cm³/mol. The SMILES string of the molecule is CC.CCNc1ccc2c(c1)[C@H](c1ccccc1)C(O)[C@@H](C)CS2(=O)=O. The Balaban J connectivity index is 0.00000117. The first-order valence-electron chi connectivity index (χ1n) is 9.27. The van der Waals surface area contributed by atoms with Gasteiger partial charge in [-0.05, 0) is 42.2 Å². The van der Waals surface area contributed by atoms with Crippen LogP contribution in [0.15, 0.2) is 53.4 Å². The quantitative estimate of drug-likeness (QED) is 0.849. The van der Waals surface area contributed by atoms with Crippen molar-refractivity contribution < 1.29 is 13.5 Å². The lowest BCUT2D eigenvalue weighted by molar-refractivity contribution is 0.111. The number of rotatable bonds is 3. The van der Waals surface area contributed by atoms with Crippen LogP contribution in [0.25, 0.3) is 0 Å². The number of sulfone groups is 1. The molecule has 2 aromatic rings. The minimum atomic E-state index is -3.42. The molecule has 0 radical (unpaired) electrons. The van der Waals surface area contributed by atoms with E-state index >= 15 is 0 Å². The van der Waals surface area contributed by atoms with Crippen molar-refractivity contribution in [3.05, 3.63) is 59.7 Å². The third-order valence-corrected chi connectivity index (χ3v) is 6.63. The Bertz CT molecular complexity index is 818. The van der Waals surface area contributed by atoms with Crippen LogP contribution >= 0.6 is 0 Å². The fourth-order valence-electron chi connectivity index (χ4n) is 3.47. The highest BCUT2D eigenvalue weighted by Gasteiger charge is 2.38. The molecule has 1 heterocycles. The molecule has 142 valence electrons. The van der Waals surface area contributed by atoms with Gasteiger partial charge < -0.3 is 10.4 Å². The van der Waals surface area contributed by atoms with Gasteiger partial charge in [0.2, 0.25) is 0 Å². The second-order valence-electron chi connectivity index (χ2n) is 6.42. The first kappa shape index (κ1) is 20.5. The molecule has 2 N–H and O–H groups in total. The van der Waals surface area contributed by atoms with Crippen molar-refractivity contribution in [2.45, 2.75) is 44.6 Å². The van der Waals surface area contributed by atoms with Gasteiger partial charge in [-0.1, -0.05) is 51.1 Å². The maximum atomic E-state index is 12.8. The summed E-state index contributed by atoms with van der Waals surface area (Å²) in [6, 6.07) is 15.0. The summed E-state index contributed by atoms with van der Waals surface area (Å²) < 4.78 is 25.5. The Hall–Kier alpha value is -1.85. The summed E-state index contributed by atoms with van der Waals surface area (Å²) in [5.74, 6) is -0.729. The number of benzene rings is 2. The highest BCUT2D eigenvalue weighted by atomic mass is 32.2. The van der Waals surface area contributed by atoms with Gasteiger partial charge in [-0.25, -0.2) is 8.42 Å². The van der Waals surface area contributed by atoms with Crippen molar-refractivity contribution in [2.75, 3.05) is 17.6 Å². The number of hydrogen-bond donors (Lipinski definition) is 2. The molecular weight excluding hydrogens is 346 g/mol. The Morgan fingerprint density at radius 1 is 1.12 bits per heavy atom. The number of fused-ring (bicyclic) bond motifs is 1. The number of aliphatic hydroxyl groups excluding tert-OH is 1. The average Bonchev–Trinajstić information content (AvgIpc) is 2.71. The molecule has 1 aliphatic rings. The fraction of sp³-hybridized carbons (Fsp3) is 0.429. The van der Waals surface area contributed by atoms with Crippen molar-refractivity contribution in [3.8, 4) is 0 Å². The van der Waals surface area contributed by atoms with E-state index in [4.69, 9.17) is 0 Å². The van der Waals surface area contributed by atoms with Gasteiger partial charge >= 0.3 is 0 Å². The Labute approximate surface area is 157 Å². The van der Waals surface area contributed by atoms with Crippen molar-refractivity contribution in [1.29, 1.82) is 0 Å². The van der Waals surface area contributed by atoms with Crippen molar-refractivity contribution in [3.63, 3.8) is 0 Å². The molecule has 1 unspecified atom stereocenters. The molecule has 0 spiro atoms. The Morgan fingerprint density at radius 3 is 2.38 bits per heavy atom. The molecule has 3 atom stereocenters. The number of aliphatic hydroxyl groups is 1. The van der Waals surface area contributed by atoms with Crippen LogP contribution in [-0.4, -0.2) is 31.9 Å². The van der Waals surface area contributed by atoms with E-state index in [1.165, 1.54) is 0 Å². The van der Waals surface area contributed by atoms with Gasteiger partial charge in [-0.3, -0.25) is 0 Å². The number of hydrogen-bond acceptors (Lipinski definition) is 4. The zero-order valence-corrected chi connectivity index (χ0v) is 16.8. The molecule has 0 saturated carbocycles. The maximum Gasteiger partial charge on any atom is 0.179 e. The Kier molecular flexibility index (Phi) is 6.84. The molecule has 5 heteroatoms. The topological polar surface area (TPSA) is 66.4 Å². The molecular formula is C21H29NO3S. The van der Waals surface area contributed by atoms with Crippen LogP contribution in [-0.2, 0) is 9.84 Å². The van der Waals surface area contributed by atoms with E-state index in [0.717, 1.165) is 17.8 Å². The average molecular weight is 376 g/mol. The van der Waals surface area contributed by atoms with E-state index < -0.39 is 15.9 Å². The monoisotopic (exact) mass is 375 g/mol. The van der Waals surface area contributed by atoms with Crippen molar-refractivity contribution in [1.82, 2.24) is 0 Å². The zero-order valence-electron chi connectivity index (χ0n) is 15.9. The molecule has 1 aliphatic heterocycles. The van der Waals surface area contributed by atoms with Crippen molar-refractivity contribution in [2.24, 2.45) is 5.92 Å². The smallest absolute Gasteiger partial charge is 0.179 e. The molecule has 3 rings (SSSR count). The van der Waals surface area contributed by atoms with Crippen LogP contribution in [0.3, 0.4) is 0 Å². The summed E-state index contributed by atoms with van der Waals surface area (Å²) in [5.41, 5.74) is 2.48. The number of nitrogens with one attached hydrogen (secondary N) is 1. The van der Waals surface area contributed by atoms with Gasteiger partial charge in [0.15, 0.2) is 9.84 Å². The van der Waals surface area contributed by atoms with Crippen molar-refractivity contribution >= 4 is 15.5 Å². The van der Waals surface area contributed by atoms with Gasteiger partial charge in [0.1, 0.15) is 0 Å². The summed E-state index contributed by atoms with van der Waals surface area (Å²) in [6.07, 6.45) is -0.750. The summed E-state index contributed by atoms with van der Waals surface area (Å²) in [7, 11) is -3.42. The molecule has 0 saturated heterocycles. The largest absolute Gasteiger partial charge is 0.392 e. The van der Waals surface area contributed by atoms with Crippen LogP contribution in [0.1, 0.15) is 44.7 Å². The normalized spacial score (nSPS) is 23.8. The molecule has 4 nitrogen and oxygen atoms in total. The van der Waals surface area contributed by atoms with Crippen LogP contribution in [0.5, 0.6) is 0 Å². The first-order valence-corrected chi connectivity index (χ1v) is 10.9. The predicted octanol–water partition coefficient (Wildman–Crippen LogP) is 4.06. The fourth-order valence-corrected chi connectivity index (χ4v) is 5.36. The van der Waals surface area contributed by atoms with E-state index in [9.17, 15) is 13.5 Å². The lowest BCUT2D eigenvalue weighted by Gasteiger charge is -2.26. The van der Waals surface area contributed by atoms with Crippen LogP contribution in [0.2, 0.25) is 0 Å². The van der Waals surface area contributed by atoms with E-state index in [1.807, 2.05) is 57.2 Å². The second-order valence-corrected chi connectivity index (χ2v) is 8.42. The summed E-state index contributed by atoms with van der Waals surface area (Å²) in [4.78, 5) is 0.335. The van der Waals surface area contributed by atoms with E-state index in [2.05, 4.69) is 5.32 Å². The van der Waals surface area contributed by atoms with Gasteiger partial charge in [-0.2, -0.15) is 0 Å². The standard InChI is InChI=1S/C19H23NO3S.C2H6/c1-3-20-15-9-10-17-16(11-15)18(14-7-5-4-6-8-14)19(21)13(2)12-24(17,22)23;1-2/h4-11,13,18-21H,3,12H2,1-2H3;1-2H3/t13-,18-,19?;/m0./s1. The second kappa shape index (κ2) is 8.69. The van der Waals surface area contributed by atoms with E-state index in [1.54, 1.807) is 19.1 Å². The lowest BCUT2D eigenvalue weighted by Crippen LogP contribution is -2.28. The van der Waals surface area contributed by atoms with Crippen LogP contribution in [0.4, 0.5) is 5.69 Å². The van der Waals surface area contributed by atoms with Gasteiger partial charge in [-0.15, -0.1) is 0 Å².